The van der Waals surface area contributed by atoms with E-state index in [9.17, 15) is 9.59 Å². The first kappa shape index (κ1) is 11.8. The van der Waals surface area contributed by atoms with Crippen molar-refractivity contribution in [2.75, 3.05) is 6.54 Å². The fourth-order valence-electron chi connectivity index (χ4n) is 1.30. The Bertz CT molecular complexity index is 272. The van der Waals surface area contributed by atoms with E-state index in [1.165, 1.54) is 4.90 Å². The molecule has 0 aromatic rings. The van der Waals surface area contributed by atoms with Gasteiger partial charge in [0.15, 0.2) is 0 Å². The zero-order chi connectivity index (χ0) is 11.6. The molecule has 6 heteroatoms. The number of ether oxygens (including phenoxy) is 1. The summed E-state index contributed by atoms with van der Waals surface area (Å²) >= 11 is 0. The largest absolute Gasteiger partial charge is 0.444 e. The molecular weight excluding hydrogens is 198 g/mol. The Hall–Kier alpha value is -1.30. The van der Waals surface area contributed by atoms with Gasteiger partial charge >= 0.3 is 6.09 Å². The first-order valence-electron chi connectivity index (χ1n) is 4.85. The summed E-state index contributed by atoms with van der Waals surface area (Å²) in [5, 5.41) is 0. The Morgan fingerprint density at radius 1 is 1.47 bits per heavy atom. The van der Waals surface area contributed by atoms with Gasteiger partial charge < -0.3 is 4.74 Å². The molecule has 6 nitrogen and oxygen atoms in total. The fraction of sp³-hybridized carbons (Fsp3) is 0.778. The van der Waals surface area contributed by atoms with E-state index in [0.29, 0.717) is 13.0 Å². The minimum absolute atomic E-state index is 0.355. The number of hydrogen-bond donors (Lipinski definition) is 2. The molecule has 0 aromatic carbocycles. The number of nitrogens with zero attached hydrogens (tertiary/aromatic N) is 1. The van der Waals surface area contributed by atoms with Crippen LogP contribution in [-0.2, 0) is 9.53 Å². The molecule has 0 unspecified atom stereocenters. The van der Waals surface area contributed by atoms with Gasteiger partial charge in [-0.25, -0.2) is 10.6 Å². The predicted molar refractivity (Wildman–Crippen MR) is 53.7 cm³/mol. The van der Waals surface area contributed by atoms with Crippen LogP contribution in [0.4, 0.5) is 4.79 Å². The van der Waals surface area contributed by atoms with Crippen LogP contribution in [0.15, 0.2) is 0 Å². The monoisotopic (exact) mass is 215 g/mol. The molecule has 86 valence electrons. The molecule has 1 heterocycles. The maximum atomic E-state index is 11.6. The van der Waals surface area contributed by atoms with Gasteiger partial charge in [0.2, 0.25) is 0 Å². The molecule has 15 heavy (non-hydrogen) atoms. The fourth-order valence-corrected chi connectivity index (χ4v) is 1.30. The van der Waals surface area contributed by atoms with Crippen molar-refractivity contribution in [3.63, 3.8) is 0 Å². The van der Waals surface area contributed by atoms with Crippen LogP contribution < -0.4 is 11.3 Å². The summed E-state index contributed by atoms with van der Waals surface area (Å²) in [5.41, 5.74) is 1.48. The molecule has 0 aromatic heterocycles. The van der Waals surface area contributed by atoms with E-state index in [-0.39, 0.29) is 5.91 Å². The summed E-state index contributed by atoms with van der Waals surface area (Å²) in [6.07, 6.45) is 0.157. The van der Waals surface area contributed by atoms with Crippen molar-refractivity contribution in [2.24, 2.45) is 5.84 Å². The average Bonchev–Trinajstić information content (AvgIpc) is 1.97. The van der Waals surface area contributed by atoms with Crippen LogP contribution in [0.2, 0.25) is 0 Å². The zero-order valence-corrected chi connectivity index (χ0v) is 9.24. The second-order valence-electron chi connectivity index (χ2n) is 4.49. The topological polar surface area (TPSA) is 84.7 Å². The summed E-state index contributed by atoms with van der Waals surface area (Å²) in [6.45, 7) is 5.88. The standard InChI is InChI=1S/C9H17N3O3/c1-9(2,3)15-8(14)12-5-4-6(12)7(13)11-10/h6H,4-5,10H2,1-3H3,(H,11,13)/t6-/m1/s1. The smallest absolute Gasteiger partial charge is 0.410 e. The van der Waals surface area contributed by atoms with Gasteiger partial charge in [-0.05, 0) is 27.2 Å². The lowest BCUT2D eigenvalue weighted by atomic mass is 10.0. The number of nitrogens with two attached hydrogens (primary N) is 1. The van der Waals surface area contributed by atoms with Crippen molar-refractivity contribution in [3.05, 3.63) is 0 Å². The van der Waals surface area contributed by atoms with Crippen LogP contribution in [0.3, 0.4) is 0 Å². The van der Waals surface area contributed by atoms with Crippen molar-refractivity contribution < 1.29 is 14.3 Å². The lowest BCUT2D eigenvalue weighted by Crippen LogP contribution is -2.60. The highest BCUT2D eigenvalue weighted by molar-refractivity contribution is 5.86. The number of carbonyl (C=O) groups is 2. The highest BCUT2D eigenvalue weighted by Crippen LogP contribution is 2.20. The maximum absolute atomic E-state index is 11.6. The lowest BCUT2D eigenvalue weighted by Gasteiger charge is -2.39. The van der Waals surface area contributed by atoms with Gasteiger partial charge in [0.1, 0.15) is 11.6 Å². The number of likely N-dealkylation sites (tertiary alicyclic amines) is 1. The van der Waals surface area contributed by atoms with Crippen molar-refractivity contribution in [2.45, 2.75) is 38.8 Å². The number of hydrogen-bond acceptors (Lipinski definition) is 4. The minimum atomic E-state index is -0.545. The van der Waals surface area contributed by atoms with Crippen LogP contribution in [0.25, 0.3) is 0 Å². The quantitative estimate of drug-likeness (QED) is 0.366. The molecule has 3 N–H and O–H groups in total. The summed E-state index contributed by atoms with van der Waals surface area (Å²) in [4.78, 5) is 24.1. The molecular formula is C9H17N3O3. The molecule has 1 saturated heterocycles. The minimum Gasteiger partial charge on any atom is -0.444 e. The van der Waals surface area contributed by atoms with E-state index in [2.05, 4.69) is 0 Å². The van der Waals surface area contributed by atoms with Gasteiger partial charge in [-0.3, -0.25) is 15.1 Å². The number of carbonyl (C=O) groups excluding carboxylic acids is 2. The third kappa shape index (κ3) is 2.82. The van der Waals surface area contributed by atoms with E-state index >= 15 is 0 Å². The van der Waals surface area contributed by atoms with Crippen molar-refractivity contribution >= 4 is 12.0 Å². The molecule has 1 aliphatic heterocycles. The molecule has 0 bridgehead atoms. The number of nitrogens with one attached hydrogen (secondary N) is 1. The van der Waals surface area contributed by atoms with Crippen molar-refractivity contribution in [3.8, 4) is 0 Å². The Morgan fingerprint density at radius 3 is 2.40 bits per heavy atom. The number of rotatable bonds is 1. The third-order valence-corrected chi connectivity index (χ3v) is 2.09. The second-order valence-corrected chi connectivity index (χ2v) is 4.49. The zero-order valence-electron chi connectivity index (χ0n) is 9.24. The van der Waals surface area contributed by atoms with Gasteiger partial charge in [-0.2, -0.15) is 0 Å². The van der Waals surface area contributed by atoms with E-state index in [1.807, 2.05) is 5.43 Å². The molecule has 2 amide bonds. The van der Waals surface area contributed by atoms with Crippen LogP contribution in [0, 0.1) is 0 Å². The van der Waals surface area contributed by atoms with Crippen LogP contribution in [-0.4, -0.2) is 35.1 Å². The van der Waals surface area contributed by atoms with Crippen molar-refractivity contribution in [1.29, 1.82) is 0 Å². The van der Waals surface area contributed by atoms with Gasteiger partial charge in [-0.1, -0.05) is 0 Å². The van der Waals surface area contributed by atoms with Crippen LogP contribution in [0.5, 0.6) is 0 Å². The van der Waals surface area contributed by atoms with Crippen LogP contribution in [0.1, 0.15) is 27.2 Å². The molecule has 1 fully saturated rings. The second kappa shape index (κ2) is 4.06. The summed E-state index contributed by atoms with van der Waals surface area (Å²) in [6, 6.07) is -0.482. The molecule has 0 radical (unpaired) electrons. The van der Waals surface area contributed by atoms with Gasteiger partial charge in [0.05, 0.1) is 0 Å². The molecule has 0 saturated carbocycles. The third-order valence-electron chi connectivity index (χ3n) is 2.09. The summed E-state index contributed by atoms with van der Waals surface area (Å²) in [5.74, 6) is 4.64. The lowest BCUT2D eigenvalue weighted by molar-refractivity contribution is -0.130. The summed E-state index contributed by atoms with van der Waals surface area (Å²) in [7, 11) is 0. The molecule has 0 spiro atoms. The normalized spacial score (nSPS) is 20.5. The van der Waals surface area contributed by atoms with Gasteiger partial charge in [-0.15, -0.1) is 0 Å². The van der Waals surface area contributed by atoms with Gasteiger partial charge in [0.25, 0.3) is 5.91 Å². The highest BCUT2D eigenvalue weighted by Gasteiger charge is 2.39. The Kier molecular flexibility index (Phi) is 3.18. The van der Waals surface area contributed by atoms with Crippen molar-refractivity contribution in [1.82, 2.24) is 10.3 Å². The maximum Gasteiger partial charge on any atom is 0.410 e. The Balaban J connectivity index is 2.51. The first-order valence-corrected chi connectivity index (χ1v) is 4.85. The van der Waals surface area contributed by atoms with E-state index in [4.69, 9.17) is 10.6 Å². The summed E-state index contributed by atoms with van der Waals surface area (Å²) < 4.78 is 5.13. The average molecular weight is 215 g/mol. The number of hydrazine groups is 1. The van der Waals surface area contributed by atoms with E-state index < -0.39 is 17.7 Å². The molecule has 1 aliphatic rings. The number of amides is 2. The molecule has 0 aliphatic carbocycles. The predicted octanol–water partition coefficient (Wildman–Crippen LogP) is -0.0143. The van der Waals surface area contributed by atoms with E-state index in [0.717, 1.165) is 0 Å². The SMILES string of the molecule is CC(C)(C)OC(=O)N1CC[C@@H]1C(=O)NN. The van der Waals surface area contributed by atoms with Crippen LogP contribution >= 0.6 is 0 Å². The Morgan fingerprint density at radius 2 is 2.07 bits per heavy atom. The Labute approximate surface area is 88.7 Å². The van der Waals surface area contributed by atoms with Gasteiger partial charge in [0, 0.05) is 6.54 Å². The molecule has 1 atom stereocenters. The first-order chi connectivity index (χ1) is 6.85. The highest BCUT2D eigenvalue weighted by atomic mass is 16.6. The van der Waals surface area contributed by atoms with E-state index in [1.54, 1.807) is 20.8 Å². The molecule has 1 rings (SSSR count).